The van der Waals surface area contributed by atoms with Gasteiger partial charge < -0.3 is 24.7 Å². The van der Waals surface area contributed by atoms with Gasteiger partial charge in [-0.1, -0.05) is 32.9 Å². The Balaban J connectivity index is 1.54. The number of aromatic nitrogens is 1. The molecule has 39 heavy (non-hydrogen) atoms. The summed E-state index contributed by atoms with van der Waals surface area (Å²) in [5, 5.41) is 6.27. The first-order valence-corrected chi connectivity index (χ1v) is 13.4. The number of para-hydroxylation sites is 2. The molecule has 2 N–H and O–H groups in total. The predicted octanol–water partition coefficient (Wildman–Crippen LogP) is 5.46. The van der Waals surface area contributed by atoms with Crippen LogP contribution in [0.25, 0.3) is 11.1 Å². The molecule has 0 fully saturated rings. The number of anilines is 2. The molecule has 3 aromatic rings. The Labute approximate surface area is 229 Å². The van der Waals surface area contributed by atoms with Crippen LogP contribution in [0.5, 0.6) is 0 Å². The number of hydrogen-bond acceptors (Lipinski definition) is 7. The van der Waals surface area contributed by atoms with Gasteiger partial charge in [0.15, 0.2) is 5.58 Å². The summed E-state index contributed by atoms with van der Waals surface area (Å²) in [4.78, 5) is 33.1. The summed E-state index contributed by atoms with van der Waals surface area (Å²) in [6.07, 6.45) is 1.20. The Kier molecular flexibility index (Phi) is 8.18. The average molecular weight is 539 g/mol. The number of benzene rings is 2. The van der Waals surface area contributed by atoms with Crippen molar-refractivity contribution in [2.24, 2.45) is 5.41 Å². The lowest BCUT2D eigenvalue weighted by Gasteiger charge is -2.30. The van der Waals surface area contributed by atoms with E-state index in [2.05, 4.69) is 41.3 Å². The molecule has 0 saturated heterocycles. The fourth-order valence-electron chi connectivity index (χ4n) is 4.85. The molecule has 0 unspecified atom stereocenters. The largest absolute Gasteiger partial charge is 0.460 e. The fraction of sp³-hybridized carbons (Fsp3) is 0.500. The topological polar surface area (TPSA) is 96.7 Å². The van der Waals surface area contributed by atoms with E-state index in [0.29, 0.717) is 37.0 Å². The van der Waals surface area contributed by atoms with Crippen LogP contribution in [-0.4, -0.2) is 47.6 Å². The van der Waals surface area contributed by atoms with E-state index in [-0.39, 0.29) is 29.6 Å². The number of carbonyl (C=O) groups is 2. The van der Waals surface area contributed by atoms with Crippen LogP contribution in [0.15, 0.2) is 46.9 Å². The van der Waals surface area contributed by atoms with Gasteiger partial charge in [-0.3, -0.25) is 9.59 Å². The fourth-order valence-corrected chi connectivity index (χ4v) is 4.85. The van der Waals surface area contributed by atoms with Gasteiger partial charge in [-0.2, -0.15) is 4.98 Å². The van der Waals surface area contributed by atoms with Crippen molar-refractivity contribution in [3.8, 4) is 0 Å². The molecule has 9 heteroatoms. The first-order chi connectivity index (χ1) is 18.3. The molecule has 1 aliphatic rings. The lowest BCUT2D eigenvalue weighted by Crippen LogP contribution is -2.51. The van der Waals surface area contributed by atoms with Crippen molar-refractivity contribution in [2.45, 2.75) is 78.5 Å². The molecule has 0 bridgehead atoms. The van der Waals surface area contributed by atoms with Gasteiger partial charge >= 0.3 is 5.97 Å². The number of rotatable bonds is 9. The van der Waals surface area contributed by atoms with Crippen molar-refractivity contribution in [3.05, 3.63) is 53.8 Å². The second-order valence-corrected chi connectivity index (χ2v) is 12.4. The van der Waals surface area contributed by atoms with Gasteiger partial charge in [0, 0.05) is 18.8 Å². The molecule has 0 saturated carbocycles. The number of amides is 1. The summed E-state index contributed by atoms with van der Waals surface area (Å²) < 4.78 is 25.2. The van der Waals surface area contributed by atoms with Crippen LogP contribution in [0.2, 0.25) is 0 Å². The van der Waals surface area contributed by atoms with Crippen LogP contribution < -0.4 is 15.5 Å². The Bertz CT molecular complexity index is 1290. The highest BCUT2D eigenvalue weighted by Crippen LogP contribution is 2.29. The number of carbonyl (C=O) groups excluding carboxylic acids is 2. The summed E-state index contributed by atoms with van der Waals surface area (Å²) in [5.74, 6) is -0.936. The average Bonchev–Trinajstić information content (AvgIpc) is 3.39. The number of nitrogens with zero attached hydrogens (tertiary/aromatic N) is 2. The van der Waals surface area contributed by atoms with Crippen LogP contribution in [0.1, 0.15) is 59.9 Å². The van der Waals surface area contributed by atoms with Gasteiger partial charge in [-0.15, -0.1) is 0 Å². The number of nitrogens with one attached hydrogen (secondary N) is 2. The van der Waals surface area contributed by atoms with Crippen molar-refractivity contribution in [1.29, 1.82) is 0 Å². The molecule has 2 aromatic carbocycles. The maximum absolute atomic E-state index is 13.8. The molecule has 0 radical (unpaired) electrons. The first-order valence-electron chi connectivity index (χ1n) is 13.4. The zero-order chi connectivity index (χ0) is 28.4. The molecule has 2 heterocycles. The Morgan fingerprint density at radius 3 is 2.56 bits per heavy atom. The Hall–Kier alpha value is -3.62. The van der Waals surface area contributed by atoms with Crippen molar-refractivity contribution >= 4 is 34.7 Å². The van der Waals surface area contributed by atoms with Gasteiger partial charge in [-0.05, 0) is 74.9 Å². The molecule has 1 aliphatic heterocycles. The number of hydrogen-bond donors (Lipinski definition) is 2. The zero-order valence-electron chi connectivity index (χ0n) is 23.6. The van der Waals surface area contributed by atoms with E-state index in [1.807, 2.05) is 45.0 Å². The summed E-state index contributed by atoms with van der Waals surface area (Å²) in [6.45, 7) is 12.7. The summed E-state index contributed by atoms with van der Waals surface area (Å²) >= 11 is 0. The van der Waals surface area contributed by atoms with Gasteiger partial charge in [-0.25, -0.2) is 4.39 Å². The van der Waals surface area contributed by atoms with Crippen LogP contribution >= 0.6 is 0 Å². The summed E-state index contributed by atoms with van der Waals surface area (Å²) in [7, 11) is 0. The van der Waals surface area contributed by atoms with Crippen LogP contribution in [-0.2, 0) is 20.7 Å². The predicted molar refractivity (Wildman–Crippen MR) is 150 cm³/mol. The summed E-state index contributed by atoms with van der Waals surface area (Å²) in [6, 6.07) is 11.2. The highest BCUT2D eigenvalue weighted by Gasteiger charge is 2.31. The van der Waals surface area contributed by atoms with E-state index in [9.17, 15) is 14.0 Å². The summed E-state index contributed by atoms with van der Waals surface area (Å²) in [5.41, 5.74) is 2.33. The number of fused-ring (bicyclic) bond motifs is 2. The second-order valence-electron chi connectivity index (χ2n) is 12.4. The normalized spacial score (nSPS) is 15.1. The van der Waals surface area contributed by atoms with Crippen LogP contribution in [0, 0.1) is 11.2 Å². The molecular weight excluding hydrogens is 499 g/mol. The molecule has 210 valence electrons. The van der Waals surface area contributed by atoms with Gasteiger partial charge in [0.25, 0.3) is 6.01 Å². The third-order valence-corrected chi connectivity index (χ3v) is 6.38. The van der Waals surface area contributed by atoms with Gasteiger partial charge in [0.05, 0.1) is 12.5 Å². The minimum atomic E-state index is -0.654. The minimum Gasteiger partial charge on any atom is -0.460 e. The number of oxazole rings is 1. The maximum atomic E-state index is 13.8. The van der Waals surface area contributed by atoms with E-state index < -0.39 is 23.7 Å². The molecule has 0 spiro atoms. The first kappa shape index (κ1) is 28.4. The molecular formula is C30H39FN4O4. The molecule has 4 rings (SSSR count). The van der Waals surface area contributed by atoms with E-state index in [4.69, 9.17) is 9.15 Å². The Morgan fingerprint density at radius 2 is 1.87 bits per heavy atom. The van der Waals surface area contributed by atoms with E-state index >= 15 is 0 Å². The monoisotopic (exact) mass is 538 g/mol. The van der Waals surface area contributed by atoms with Crippen molar-refractivity contribution in [1.82, 2.24) is 10.3 Å². The highest BCUT2D eigenvalue weighted by atomic mass is 19.1. The minimum absolute atomic E-state index is 0.00115. The standard InChI is InChI=1S/C30H39FN4O4/c1-29(2,3)17-23(34-28-33-22-9-7-8-10-25(22)38-28)27(37)32-21(16-26(36)39-30(4,5)6)18-35-14-13-19-15-20(31)11-12-24(19)35/h7-12,15,21,23H,13-14,16-18H2,1-6H3,(H,32,37)(H,33,34)/t21-,23-/m0/s1. The molecule has 1 amide bonds. The molecule has 8 nitrogen and oxygen atoms in total. The Morgan fingerprint density at radius 1 is 1.13 bits per heavy atom. The van der Waals surface area contributed by atoms with Crippen molar-refractivity contribution < 1.29 is 23.1 Å². The van der Waals surface area contributed by atoms with E-state index in [0.717, 1.165) is 11.3 Å². The van der Waals surface area contributed by atoms with Crippen molar-refractivity contribution in [3.63, 3.8) is 0 Å². The smallest absolute Gasteiger partial charge is 0.308 e. The molecule has 2 atom stereocenters. The highest BCUT2D eigenvalue weighted by molar-refractivity contribution is 5.85. The SMILES string of the molecule is CC(C)(C)C[C@H](Nc1nc2ccccc2o1)C(=O)N[C@@H](CC(=O)OC(C)(C)C)CN1CCc2cc(F)ccc21. The molecule has 0 aliphatic carbocycles. The van der Waals surface area contributed by atoms with E-state index in [1.165, 1.54) is 6.07 Å². The maximum Gasteiger partial charge on any atom is 0.308 e. The van der Waals surface area contributed by atoms with Crippen LogP contribution in [0.3, 0.4) is 0 Å². The zero-order valence-corrected chi connectivity index (χ0v) is 23.6. The second kappa shape index (κ2) is 11.2. The molecule has 1 aromatic heterocycles. The third-order valence-electron chi connectivity index (χ3n) is 6.38. The number of halogens is 1. The quantitative estimate of drug-likeness (QED) is 0.349. The van der Waals surface area contributed by atoms with Crippen molar-refractivity contribution in [2.75, 3.05) is 23.3 Å². The lowest BCUT2D eigenvalue weighted by atomic mass is 9.87. The van der Waals surface area contributed by atoms with Gasteiger partial charge in [0.1, 0.15) is 23.0 Å². The number of ether oxygens (including phenoxy) is 1. The van der Waals surface area contributed by atoms with Gasteiger partial charge in [0.2, 0.25) is 5.91 Å². The van der Waals surface area contributed by atoms with E-state index in [1.54, 1.807) is 12.1 Å². The van der Waals surface area contributed by atoms with Crippen LogP contribution in [0.4, 0.5) is 16.1 Å². The lowest BCUT2D eigenvalue weighted by molar-refractivity contribution is -0.155. The third kappa shape index (κ3) is 7.94. The number of esters is 1.